The Morgan fingerprint density at radius 3 is 2.03 bits per heavy atom. The second-order valence-corrected chi connectivity index (χ2v) is 8.42. The van der Waals surface area contributed by atoms with Gasteiger partial charge in [0, 0.05) is 22.4 Å². The second-order valence-electron chi connectivity index (χ2n) is 7.57. The standard InChI is InChI=1S/C25H24BrN3O4/c1-15(2)33-22-13-10-18(14-21(22)26)24(31)29-28-23(30)17-8-11-19(12-9-17)27-25(32)20-7-5-4-6-16(20)3/h4-15H,1-3H3,(H,27,32)(H,28,30)(H,29,31). The van der Waals surface area contributed by atoms with Gasteiger partial charge in [0.2, 0.25) is 0 Å². The molecular formula is C25H24BrN3O4. The minimum atomic E-state index is -0.487. The number of anilines is 1. The van der Waals surface area contributed by atoms with Crippen molar-refractivity contribution in [2.45, 2.75) is 26.9 Å². The Bertz CT molecular complexity index is 1180. The molecule has 0 unspecified atom stereocenters. The van der Waals surface area contributed by atoms with Crippen LogP contribution in [0.1, 0.15) is 50.5 Å². The van der Waals surface area contributed by atoms with Crippen molar-refractivity contribution in [3.05, 3.63) is 93.5 Å². The van der Waals surface area contributed by atoms with Gasteiger partial charge in [0.05, 0.1) is 10.6 Å². The number of hydrazine groups is 1. The Morgan fingerprint density at radius 1 is 0.818 bits per heavy atom. The molecule has 0 radical (unpaired) electrons. The average Bonchev–Trinajstić information content (AvgIpc) is 2.79. The lowest BCUT2D eigenvalue weighted by atomic mass is 10.1. The van der Waals surface area contributed by atoms with E-state index in [1.54, 1.807) is 54.6 Å². The molecule has 8 heteroatoms. The molecule has 0 bridgehead atoms. The van der Waals surface area contributed by atoms with E-state index in [1.807, 2.05) is 32.9 Å². The molecule has 3 N–H and O–H groups in total. The van der Waals surface area contributed by atoms with Gasteiger partial charge in [0.1, 0.15) is 5.75 Å². The third-order valence-corrected chi connectivity index (χ3v) is 5.26. The summed E-state index contributed by atoms with van der Waals surface area (Å²) in [5.41, 5.74) is 7.46. The molecule has 33 heavy (non-hydrogen) atoms. The molecule has 0 heterocycles. The number of nitrogens with one attached hydrogen (secondary N) is 3. The lowest BCUT2D eigenvalue weighted by molar-refractivity contribution is 0.0846. The molecule has 3 rings (SSSR count). The van der Waals surface area contributed by atoms with E-state index in [0.717, 1.165) is 5.56 Å². The van der Waals surface area contributed by atoms with Crippen LogP contribution < -0.4 is 20.9 Å². The lowest BCUT2D eigenvalue weighted by Crippen LogP contribution is -2.41. The van der Waals surface area contributed by atoms with Crippen molar-refractivity contribution in [1.29, 1.82) is 0 Å². The number of hydrogen-bond acceptors (Lipinski definition) is 4. The largest absolute Gasteiger partial charge is 0.490 e. The van der Waals surface area contributed by atoms with Crippen LogP contribution in [0.2, 0.25) is 0 Å². The van der Waals surface area contributed by atoms with Gasteiger partial charge >= 0.3 is 0 Å². The fourth-order valence-corrected chi connectivity index (χ4v) is 3.45. The van der Waals surface area contributed by atoms with Gasteiger partial charge in [-0.05, 0) is 90.8 Å². The molecule has 0 spiro atoms. The normalized spacial score (nSPS) is 10.5. The summed E-state index contributed by atoms with van der Waals surface area (Å²) in [5.74, 6) is -0.560. The maximum atomic E-state index is 12.4. The van der Waals surface area contributed by atoms with Gasteiger partial charge < -0.3 is 10.1 Å². The van der Waals surface area contributed by atoms with Crippen LogP contribution in [0.4, 0.5) is 5.69 Å². The topological polar surface area (TPSA) is 96.5 Å². The summed E-state index contributed by atoms with van der Waals surface area (Å²) >= 11 is 3.38. The predicted molar refractivity (Wildman–Crippen MR) is 130 cm³/mol. The number of benzene rings is 3. The van der Waals surface area contributed by atoms with Crippen LogP contribution in [0, 0.1) is 6.92 Å². The summed E-state index contributed by atoms with van der Waals surface area (Å²) in [6, 6.07) is 18.6. The van der Waals surface area contributed by atoms with Gasteiger partial charge in [-0.2, -0.15) is 0 Å². The highest BCUT2D eigenvalue weighted by molar-refractivity contribution is 9.10. The lowest BCUT2D eigenvalue weighted by Gasteiger charge is -2.13. The van der Waals surface area contributed by atoms with Crippen molar-refractivity contribution in [2.24, 2.45) is 0 Å². The number of rotatable bonds is 6. The smallest absolute Gasteiger partial charge is 0.269 e. The minimum absolute atomic E-state index is 0.00225. The predicted octanol–water partition coefficient (Wildman–Crippen LogP) is 4.87. The molecule has 0 saturated carbocycles. The highest BCUT2D eigenvalue weighted by Gasteiger charge is 2.13. The van der Waals surface area contributed by atoms with E-state index >= 15 is 0 Å². The summed E-state index contributed by atoms with van der Waals surface area (Å²) in [5, 5.41) is 2.80. The van der Waals surface area contributed by atoms with E-state index in [2.05, 4.69) is 32.1 Å². The van der Waals surface area contributed by atoms with Crippen molar-refractivity contribution in [1.82, 2.24) is 10.9 Å². The zero-order valence-electron chi connectivity index (χ0n) is 18.4. The molecule has 0 aliphatic rings. The van der Waals surface area contributed by atoms with Crippen LogP contribution in [0.15, 0.2) is 71.2 Å². The van der Waals surface area contributed by atoms with Crippen LogP contribution in [-0.4, -0.2) is 23.8 Å². The van der Waals surface area contributed by atoms with Crippen LogP contribution >= 0.6 is 15.9 Å². The summed E-state index contributed by atoms with van der Waals surface area (Å²) in [4.78, 5) is 37.2. The molecule has 7 nitrogen and oxygen atoms in total. The third-order valence-electron chi connectivity index (χ3n) is 4.64. The Kier molecular flexibility index (Phi) is 7.84. The van der Waals surface area contributed by atoms with Gasteiger partial charge in [-0.1, -0.05) is 18.2 Å². The van der Waals surface area contributed by atoms with Crippen molar-refractivity contribution in [2.75, 3.05) is 5.32 Å². The first-order valence-electron chi connectivity index (χ1n) is 10.3. The molecule has 0 atom stereocenters. The molecular weight excluding hydrogens is 486 g/mol. The second kappa shape index (κ2) is 10.8. The van der Waals surface area contributed by atoms with E-state index in [4.69, 9.17) is 4.74 Å². The number of carbonyl (C=O) groups excluding carboxylic acids is 3. The zero-order valence-corrected chi connectivity index (χ0v) is 20.0. The highest BCUT2D eigenvalue weighted by Crippen LogP contribution is 2.27. The highest BCUT2D eigenvalue weighted by atomic mass is 79.9. The number of hydrogen-bond donors (Lipinski definition) is 3. The minimum Gasteiger partial charge on any atom is -0.490 e. The Hall–Kier alpha value is -3.65. The van der Waals surface area contributed by atoms with E-state index in [9.17, 15) is 14.4 Å². The van der Waals surface area contributed by atoms with Crippen molar-refractivity contribution < 1.29 is 19.1 Å². The number of aryl methyl sites for hydroxylation is 1. The maximum Gasteiger partial charge on any atom is 0.269 e. The first kappa shape index (κ1) is 24.0. The molecule has 0 aromatic heterocycles. The number of ether oxygens (including phenoxy) is 1. The van der Waals surface area contributed by atoms with Crippen LogP contribution in [-0.2, 0) is 0 Å². The first-order valence-corrected chi connectivity index (χ1v) is 11.1. The summed E-state index contributed by atoms with van der Waals surface area (Å²) in [6.07, 6.45) is 0.00225. The fourth-order valence-electron chi connectivity index (χ4n) is 2.98. The van der Waals surface area contributed by atoms with Crippen LogP contribution in [0.25, 0.3) is 0 Å². The Labute approximate surface area is 200 Å². The molecule has 3 amide bonds. The first-order chi connectivity index (χ1) is 15.7. The Balaban J connectivity index is 1.56. The van der Waals surface area contributed by atoms with Crippen LogP contribution in [0.3, 0.4) is 0 Å². The summed E-state index contributed by atoms with van der Waals surface area (Å²) < 4.78 is 6.26. The van der Waals surface area contributed by atoms with Crippen LogP contribution in [0.5, 0.6) is 5.75 Å². The van der Waals surface area contributed by atoms with Gasteiger partial charge in [-0.15, -0.1) is 0 Å². The van der Waals surface area contributed by atoms with Crippen molar-refractivity contribution >= 4 is 39.3 Å². The monoisotopic (exact) mass is 509 g/mol. The molecule has 0 fully saturated rings. The maximum absolute atomic E-state index is 12.4. The van der Waals surface area contributed by atoms with E-state index in [1.165, 1.54) is 0 Å². The fraction of sp³-hybridized carbons (Fsp3) is 0.160. The molecule has 3 aromatic carbocycles. The quantitative estimate of drug-likeness (QED) is 0.413. The van der Waals surface area contributed by atoms with E-state index in [0.29, 0.717) is 32.6 Å². The van der Waals surface area contributed by atoms with E-state index in [-0.39, 0.29) is 12.0 Å². The van der Waals surface area contributed by atoms with Crippen molar-refractivity contribution in [3.8, 4) is 5.75 Å². The molecule has 0 saturated heterocycles. The Morgan fingerprint density at radius 2 is 1.42 bits per heavy atom. The molecule has 3 aromatic rings. The number of amides is 3. The zero-order chi connectivity index (χ0) is 24.0. The van der Waals surface area contributed by atoms with Crippen molar-refractivity contribution in [3.63, 3.8) is 0 Å². The molecule has 0 aliphatic carbocycles. The van der Waals surface area contributed by atoms with E-state index < -0.39 is 11.8 Å². The molecule has 0 aliphatic heterocycles. The van der Waals surface area contributed by atoms with Gasteiger partial charge in [-0.25, -0.2) is 0 Å². The van der Waals surface area contributed by atoms with Gasteiger partial charge in [0.15, 0.2) is 0 Å². The average molecular weight is 510 g/mol. The molecule has 170 valence electrons. The SMILES string of the molecule is Cc1ccccc1C(=O)Nc1ccc(C(=O)NNC(=O)c2ccc(OC(C)C)c(Br)c2)cc1. The number of halogens is 1. The summed E-state index contributed by atoms with van der Waals surface area (Å²) in [7, 11) is 0. The third kappa shape index (κ3) is 6.43. The van der Waals surface area contributed by atoms with Gasteiger partial charge in [0.25, 0.3) is 17.7 Å². The van der Waals surface area contributed by atoms with Gasteiger partial charge in [-0.3, -0.25) is 25.2 Å². The summed E-state index contributed by atoms with van der Waals surface area (Å²) in [6.45, 7) is 5.68. The number of carbonyl (C=O) groups is 3.